The number of carboxylic acid groups (broad SMARTS) is 1. The van der Waals surface area contributed by atoms with Crippen LogP contribution in [0.3, 0.4) is 0 Å². The number of aliphatic carboxylic acids is 1. The quantitative estimate of drug-likeness (QED) is 0.626. The maximum absolute atomic E-state index is 13.4. The van der Waals surface area contributed by atoms with Crippen LogP contribution in [0.1, 0.15) is 78.1 Å². The fourth-order valence-electron chi connectivity index (χ4n) is 4.62. The molecule has 0 aliphatic heterocycles. The van der Waals surface area contributed by atoms with Crippen molar-refractivity contribution in [3.05, 3.63) is 0 Å². The van der Waals surface area contributed by atoms with Crippen LogP contribution in [0.4, 0.5) is 0 Å². The van der Waals surface area contributed by atoms with E-state index in [1.807, 2.05) is 0 Å². The fourth-order valence-corrected chi connectivity index (χ4v) is 4.62. The SMILES string of the molecule is CC(=O)NCCN(CC(=O)N(C1CCCCC1)C1CCCCC1)C(C)C(=O)O. The number of amides is 2. The molecule has 2 N–H and O–H groups in total. The molecule has 2 aliphatic rings. The van der Waals surface area contributed by atoms with Crippen molar-refractivity contribution in [3.8, 4) is 0 Å². The van der Waals surface area contributed by atoms with Gasteiger partial charge in [0, 0.05) is 32.1 Å². The van der Waals surface area contributed by atoms with E-state index in [1.165, 1.54) is 45.4 Å². The number of rotatable bonds is 9. The first-order valence-electron chi connectivity index (χ1n) is 10.9. The highest BCUT2D eigenvalue weighted by atomic mass is 16.4. The number of nitrogens with one attached hydrogen (secondary N) is 1. The minimum Gasteiger partial charge on any atom is -0.480 e. The van der Waals surface area contributed by atoms with Crippen LogP contribution in [0.25, 0.3) is 0 Å². The molecule has 2 saturated carbocycles. The fraction of sp³-hybridized carbons (Fsp3) is 0.857. The number of carboxylic acids is 1. The summed E-state index contributed by atoms with van der Waals surface area (Å²) in [7, 11) is 0. The largest absolute Gasteiger partial charge is 0.480 e. The first-order chi connectivity index (χ1) is 13.4. The summed E-state index contributed by atoms with van der Waals surface area (Å²) in [6, 6.07) is -0.180. The highest BCUT2D eigenvalue weighted by molar-refractivity contribution is 5.80. The second-order valence-electron chi connectivity index (χ2n) is 8.35. The van der Waals surface area contributed by atoms with E-state index in [1.54, 1.807) is 11.8 Å². The first-order valence-corrected chi connectivity index (χ1v) is 10.9. The molecule has 0 aromatic carbocycles. The Labute approximate surface area is 168 Å². The Morgan fingerprint density at radius 1 is 0.964 bits per heavy atom. The zero-order valence-electron chi connectivity index (χ0n) is 17.5. The molecule has 0 spiro atoms. The van der Waals surface area contributed by atoms with Crippen LogP contribution in [0.2, 0.25) is 0 Å². The van der Waals surface area contributed by atoms with Gasteiger partial charge in [-0.3, -0.25) is 19.3 Å². The van der Waals surface area contributed by atoms with Gasteiger partial charge in [-0.25, -0.2) is 0 Å². The molecule has 2 rings (SSSR count). The second kappa shape index (κ2) is 11.4. The van der Waals surface area contributed by atoms with Crippen LogP contribution in [0.5, 0.6) is 0 Å². The van der Waals surface area contributed by atoms with Crippen molar-refractivity contribution < 1.29 is 19.5 Å². The van der Waals surface area contributed by atoms with Crippen LogP contribution in [0.15, 0.2) is 0 Å². The van der Waals surface area contributed by atoms with Gasteiger partial charge < -0.3 is 15.3 Å². The van der Waals surface area contributed by atoms with Gasteiger partial charge in [-0.15, -0.1) is 0 Å². The Balaban J connectivity index is 2.09. The van der Waals surface area contributed by atoms with E-state index >= 15 is 0 Å². The average molecular weight is 396 g/mol. The molecule has 1 unspecified atom stereocenters. The lowest BCUT2D eigenvalue weighted by atomic mass is 9.88. The number of carbonyl (C=O) groups excluding carboxylic acids is 2. The molecule has 0 saturated heterocycles. The van der Waals surface area contributed by atoms with Crippen molar-refractivity contribution in [2.24, 2.45) is 0 Å². The molecule has 0 heterocycles. The summed E-state index contributed by atoms with van der Waals surface area (Å²) in [6.45, 7) is 3.83. The van der Waals surface area contributed by atoms with Crippen molar-refractivity contribution in [2.75, 3.05) is 19.6 Å². The zero-order chi connectivity index (χ0) is 20.5. The normalized spacial score (nSPS) is 20.0. The Morgan fingerprint density at radius 2 is 1.46 bits per heavy atom. The van der Waals surface area contributed by atoms with E-state index in [2.05, 4.69) is 10.2 Å². The topological polar surface area (TPSA) is 90.0 Å². The summed E-state index contributed by atoms with van der Waals surface area (Å²) in [4.78, 5) is 39.9. The van der Waals surface area contributed by atoms with Crippen molar-refractivity contribution in [3.63, 3.8) is 0 Å². The van der Waals surface area contributed by atoms with Crippen molar-refractivity contribution in [2.45, 2.75) is 96.2 Å². The van der Waals surface area contributed by atoms with Crippen LogP contribution in [-0.4, -0.2) is 70.4 Å². The summed E-state index contributed by atoms with van der Waals surface area (Å²) < 4.78 is 0. The minimum atomic E-state index is -0.947. The lowest BCUT2D eigenvalue weighted by Crippen LogP contribution is -2.54. The average Bonchev–Trinajstić information content (AvgIpc) is 2.68. The third kappa shape index (κ3) is 6.76. The third-order valence-corrected chi connectivity index (χ3v) is 6.24. The summed E-state index contributed by atoms with van der Waals surface area (Å²) in [6.07, 6.45) is 11.4. The lowest BCUT2D eigenvalue weighted by Gasteiger charge is -2.43. The molecule has 2 amide bonds. The van der Waals surface area contributed by atoms with E-state index in [9.17, 15) is 19.5 Å². The minimum absolute atomic E-state index is 0.0507. The summed E-state index contributed by atoms with van der Waals surface area (Å²) in [5.74, 6) is -1.05. The lowest BCUT2D eigenvalue weighted by molar-refractivity contribution is -0.145. The molecule has 28 heavy (non-hydrogen) atoms. The number of nitrogens with zero attached hydrogens (tertiary/aromatic N) is 2. The van der Waals surface area contributed by atoms with Gasteiger partial charge in [0.15, 0.2) is 0 Å². The smallest absolute Gasteiger partial charge is 0.320 e. The maximum atomic E-state index is 13.4. The number of hydrogen-bond acceptors (Lipinski definition) is 4. The number of carbonyl (C=O) groups is 3. The van der Waals surface area contributed by atoms with Gasteiger partial charge in [-0.2, -0.15) is 0 Å². The zero-order valence-corrected chi connectivity index (χ0v) is 17.5. The molecule has 0 aromatic heterocycles. The van der Waals surface area contributed by atoms with Gasteiger partial charge in [-0.1, -0.05) is 38.5 Å². The molecule has 7 heteroatoms. The van der Waals surface area contributed by atoms with E-state index in [-0.39, 0.29) is 18.4 Å². The molecule has 0 aromatic rings. The monoisotopic (exact) mass is 395 g/mol. The molecule has 1 atom stereocenters. The van der Waals surface area contributed by atoms with Gasteiger partial charge in [0.2, 0.25) is 11.8 Å². The predicted molar refractivity (Wildman–Crippen MR) is 108 cm³/mol. The Kier molecular flexibility index (Phi) is 9.22. The maximum Gasteiger partial charge on any atom is 0.320 e. The number of hydrogen-bond donors (Lipinski definition) is 2. The summed E-state index contributed by atoms with van der Waals surface area (Å²) in [5.41, 5.74) is 0. The second-order valence-corrected chi connectivity index (χ2v) is 8.35. The highest BCUT2D eigenvalue weighted by Crippen LogP contribution is 2.30. The van der Waals surface area contributed by atoms with Crippen molar-refractivity contribution in [1.29, 1.82) is 0 Å². The van der Waals surface area contributed by atoms with E-state index in [0.29, 0.717) is 25.2 Å². The molecule has 160 valence electrons. The van der Waals surface area contributed by atoms with E-state index in [0.717, 1.165) is 25.7 Å². The summed E-state index contributed by atoms with van der Waals surface area (Å²) >= 11 is 0. The molecule has 2 aliphatic carbocycles. The third-order valence-electron chi connectivity index (χ3n) is 6.24. The summed E-state index contributed by atoms with van der Waals surface area (Å²) in [5, 5.41) is 12.2. The van der Waals surface area contributed by atoms with Gasteiger partial charge in [0.1, 0.15) is 6.04 Å². The van der Waals surface area contributed by atoms with Crippen molar-refractivity contribution in [1.82, 2.24) is 15.1 Å². The van der Waals surface area contributed by atoms with Gasteiger partial charge >= 0.3 is 5.97 Å². The highest BCUT2D eigenvalue weighted by Gasteiger charge is 2.34. The van der Waals surface area contributed by atoms with Gasteiger partial charge in [0.25, 0.3) is 0 Å². The van der Waals surface area contributed by atoms with Crippen LogP contribution in [-0.2, 0) is 14.4 Å². The van der Waals surface area contributed by atoms with Gasteiger partial charge in [-0.05, 0) is 32.6 Å². The van der Waals surface area contributed by atoms with Crippen molar-refractivity contribution >= 4 is 17.8 Å². The van der Waals surface area contributed by atoms with Gasteiger partial charge in [0.05, 0.1) is 6.54 Å². The first kappa shape index (κ1) is 22.7. The molecule has 0 radical (unpaired) electrons. The molecular formula is C21H37N3O4. The predicted octanol–water partition coefficient (Wildman–Crippen LogP) is 2.39. The van der Waals surface area contributed by atoms with Crippen LogP contribution >= 0.6 is 0 Å². The van der Waals surface area contributed by atoms with E-state index < -0.39 is 12.0 Å². The molecule has 7 nitrogen and oxygen atoms in total. The Morgan fingerprint density at radius 3 is 1.89 bits per heavy atom. The Bertz CT molecular complexity index is 510. The standard InChI is InChI=1S/C21H37N3O4/c1-16(21(27)28)23(14-13-22-17(2)25)15-20(26)24(18-9-5-3-6-10-18)19-11-7-4-8-12-19/h16,18-19H,3-15H2,1-2H3,(H,22,25)(H,27,28). The Hall–Kier alpha value is -1.63. The molecular weight excluding hydrogens is 358 g/mol. The molecule has 2 fully saturated rings. The van der Waals surface area contributed by atoms with E-state index in [4.69, 9.17) is 0 Å². The molecule has 0 bridgehead atoms. The van der Waals surface area contributed by atoms with Crippen LogP contribution in [0, 0.1) is 0 Å². The van der Waals surface area contributed by atoms with Crippen LogP contribution < -0.4 is 5.32 Å².